The van der Waals surface area contributed by atoms with Gasteiger partial charge in [0.05, 0.1) is 24.6 Å². The summed E-state index contributed by atoms with van der Waals surface area (Å²) >= 11 is 0. The van der Waals surface area contributed by atoms with E-state index in [1.54, 1.807) is 0 Å². The number of halogens is 3. The molecule has 1 fully saturated rings. The number of nitriles is 1. The molecule has 1 aliphatic carbocycles. The van der Waals surface area contributed by atoms with Crippen molar-refractivity contribution in [3.05, 3.63) is 64.7 Å². The molecule has 0 unspecified atom stereocenters. The minimum absolute atomic E-state index is 0.0289. The summed E-state index contributed by atoms with van der Waals surface area (Å²) in [5.74, 6) is -0.303. The monoisotopic (exact) mass is 470 g/mol. The number of amides is 1. The molecule has 4 rings (SSSR count). The second-order valence-corrected chi connectivity index (χ2v) is 9.10. The summed E-state index contributed by atoms with van der Waals surface area (Å²) in [5, 5.41) is 9.02. The number of anilines is 1. The Hall–Kier alpha value is -3.05. The molecule has 2 aromatic rings. The minimum atomic E-state index is -4.51. The normalized spacial score (nSPS) is 16.0. The Morgan fingerprint density at radius 1 is 1.18 bits per heavy atom. The van der Waals surface area contributed by atoms with Gasteiger partial charge in [0, 0.05) is 45.0 Å². The van der Waals surface area contributed by atoms with Crippen molar-refractivity contribution in [3.63, 3.8) is 0 Å². The number of alkyl halides is 3. The van der Waals surface area contributed by atoms with Crippen LogP contribution in [0.25, 0.3) is 0 Å². The third-order valence-corrected chi connectivity index (χ3v) is 6.65. The predicted molar refractivity (Wildman–Crippen MR) is 124 cm³/mol. The van der Waals surface area contributed by atoms with Gasteiger partial charge in [-0.1, -0.05) is 30.3 Å². The molecule has 2 aromatic carbocycles. The maximum Gasteiger partial charge on any atom is 0.416 e. The zero-order chi connectivity index (χ0) is 24.3. The number of hydrogen-bond donors (Lipinski definition) is 0. The molecule has 1 aliphatic heterocycles. The van der Waals surface area contributed by atoms with E-state index in [0.29, 0.717) is 6.04 Å². The van der Waals surface area contributed by atoms with Crippen LogP contribution in [0.2, 0.25) is 0 Å². The maximum absolute atomic E-state index is 13.5. The molecule has 5 nitrogen and oxygen atoms in total. The Kier molecular flexibility index (Phi) is 7.13. The van der Waals surface area contributed by atoms with Crippen molar-refractivity contribution in [2.45, 2.75) is 51.0 Å². The largest absolute Gasteiger partial charge is 0.416 e. The molecule has 0 bridgehead atoms. The number of likely N-dealkylation sites (N-methyl/N-ethyl adjacent to an activating group) is 1. The molecule has 34 heavy (non-hydrogen) atoms. The molecule has 2 aliphatic rings. The van der Waals surface area contributed by atoms with E-state index in [4.69, 9.17) is 5.26 Å². The lowest BCUT2D eigenvalue weighted by atomic mass is 9.97. The zero-order valence-corrected chi connectivity index (χ0v) is 19.3. The van der Waals surface area contributed by atoms with E-state index >= 15 is 0 Å². The summed E-state index contributed by atoms with van der Waals surface area (Å²) in [6.45, 7) is 1.84. The second kappa shape index (κ2) is 10.1. The van der Waals surface area contributed by atoms with Crippen LogP contribution in [0.15, 0.2) is 42.5 Å². The third-order valence-electron chi connectivity index (χ3n) is 6.65. The average Bonchev–Trinajstić information content (AvgIpc) is 3.66. The van der Waals surface area contributed by atoms with E-state index in [9.17, 15) is 18.0 Å². The Morgan fingerprint density at radius 2 is 1.94 bits per heavy atom. The first-order valence-corrected chi connectivity index (χ1v) is 11.6. The summed E-state index contributed by atoms with van der Waals surface area (Å²) in [4.78, 5) is 18.9. The number of fused-ring (bicyclic) bond motifs is 1. The zero-order valence-electron chi connectivity index (χ0n) is 19.3. The standard InChI is InChI=1S/C26H29F3N4O/c1-31(24-9-4-7-19-16-32(21-10-11-21)15-12-22(19)24)18-25(34)33(14-5-13-30)17-20-6-2-3-8-23(20)26(27,28)29/h2-4,6-9,21H,5,10-12,14-18H2,1H3. The molecule has 8 heteroatoms. The molecular weight excluding hydrogens is 441 g/mol. The molecular formula is C26H29F3N4O. The van der Waals surface area contributed by atoms with Crippen LogP contribution < -0.4 is 4.90 Å². The molecule has 0 aromatic heterocycles. The Balaban J connectivity index is 1.50. The molecule has 0 saturated heterocycles. The van der Waals surface area contributed by atoms with Gasteiger partial charge in [-0.2, -0.15) is 18.4 Å². The van der Waals surface area contributed by atoms with Crippen LogP contribution in [-0.4, -0.2) is 48.4 Å². The number of carbonyl (C=O) groups is 1. The number of carbonyl (C=O) groups excluding carboxylic acids is 1. The molecule has 180 valence electrons. The first-order valence-electron chi connectivity index (χ1n) is 11.6. The predicted octanol–water partition coefficient (Wildman–Crippen LogP) is 4.60. The fourth-order valence-electron chi connectivity index (χ4n) is 4.73. The van der Waals surface area contributed by atoms with Gasteiger partial charge in [0.1, 0.15) is 0 Å². The number of benzene rings is 2. The smallest absolute Gasteiger partial charge is 0.365 e. The van der Waals surface area contributed by atoms with E-state index in [-0.39, 0.29) is 37.5 Å². The molecule has 1 saturated carbocycles. The van der Waals surface area contributed by atoms with Crippen molar-refractivity contribution < 1.29 is 18.0 Å². The van der Waals surface area contributed by atoms with Gasteiger partial charge in [-0.3, -0.25) is 9.69 Å². The minimum Gasteiger partial charge on any atom is -0.365 e. The van der Waals surface area contributed by atoms with Crippen LogP contribution in [0.3, 0.4) is 0 Å². The van der Waals surface area contributed by atoms with E-state index in [1.807, 2.05) is 30.1 Å². The Bertz CT molecular complexity index is 1070. The van der Waals surface area contributed by atoms with Crippen LogP contribution in [0.1, 0.15) is 41.5 Å². The van der Waals surface area contributed by atoms with Gasteiger partial charge in [0.2, 0.25) is 5.91 Å². The molecule has 1 heterocycles. The highest BCUT2D eigenvalue weighted by molar-refractivity contribution is 5.82. The lowest BCUT2D eigenvalue weighted by Gasteiger charge is -2.33. The van der Waals surface area contributed by atoms with E-state index < -0.39 is 11.7 Å². The lowest BCUT2D eigenvalue weighted by molar-refractivity contribution is -0.139. The highest BCUT2D eigenvalue weighted by Gasteiger charge is 2.34. The Labute approximate surface area is 198 Å². The number of hydrogen-bond acceptors (Lipinski definition) is 4. The SMILES string of the molecule is CN(CC(=O)N(CCC#N)Cc1ccccc1C(F)(F)F)c1cccc2c1CCN(C1CC1)C2. The van der Waals surface area contributed by atoms with Gasteiger partial charge >= 0.3 is 6.18 Å². The van der Waals surface area contributed by atoms with Crippen LogP contribution in [0.4, 0.5) is 18.9 Å². The van der Waals surface area contributed by atoms with Gasteiger partial charge in [0.15, 0.2) is 0 Å². The van der Waals surface area contributed by atoms with E-state index in [1.165, 1.54) is 47.1 Å². The van der Waals surface area contributed by atoms with Crippen molar-refractivity contribution in [2.75, 3.05) is 31.6 Å². The summed E-state index contributed by atoms with van der Waals surface area (Å²) in [5.41, 5.74) is 2.77. The summed E-state index contributed by atoms with van der Waals surface area (Å²) in [6, 6.07) is 14.1. The van der Waals surface area contributed by atoms with Crippen LogP contribution >= 0.6 is 0 Å². The highest BCUT2D eigenvalue weighted by Crippen LogP contribution is 2.35. The van der Waals surface area contributed by atoms with Gasteiger partial charge in [0.25, 0.3) is 0 Å². The molecule has 0 atom stereocenters. The highest BCUT2D eigenvalue weighted by atomic mass is 19.4. The summed E-state index contributed by atoms with van der Waals surface area (Å²) < 4.78 is 40.4. The van der Waals surface area contributed by atoms with Gasteiger partial charge in [-0.15, -0.1) is 0 Å². The topological polar surface area (TPSA) is 50.6 Å². The van der Waals surface area contributed by atoms with Crippen molar-refractivity contribution in [1.29, 1.82) is 5.26 Å². The van der Waals surface area contributed by atoms with Gasteiger partial charge in [-0.25, -0.2) is 0 Å². The fraction of sp³-hybridized carbons (Fsp3) is 0.462. The van der Waals surface area contributed by atoms with E-state index in [0.717, 1.165) is 31.3 Å². The van der Waals surface area contributed by atoms with Crippen LogP contribution in [0, 0.1) is 11.3 Å². The number of nitrogens with zero attached hydrogens (tertiary/aromatic N) is 4. The van der Waals surface area contributed by atoms with Crippen LogP contribution in [0.5, 0.6) is 0 Å². The third kappa shape index (κ3) is 5.53. The van der Waals surface area contributed by atoms with Gasteiger partial charge in [-0.05, 0) is 48.1 Å². The first-order chi connectivity index (χ1) is 16.3. The van der Waals surface area contributed by atoms with Crippen molar-refractivity contribution in [1.82, 2.24) is 9.80 Å². The fourth-order valence-corrected chi connectivity index (χ4v) is 4.73. The molecule has 1 amide bonds. The molecule has 0 radical (unpaired) electrons. The maximum atomic E-state index is 13.5. The van der Waals surface area contributed by atoms with Gasteiger partial charge < -0.3 is 9.80 Å². The quantitative estimate of drug-likeness (QED) is 0.566. The first kappa shape index (κ1) is 24.1. The van der Waals surface area contributed by atoms with Crippen molar-refractivity contribution in [2.24, 2.45) is 0 Å². The van der Waals surface area contributed by atoms with E-state index in [2.05, 4.69) is 11.0 Å². The van der Waals surface area contributed by atoms with Crippen LogP contribution in [-0.2, 0) is 30.5 Å². The lowest BCUT2D eigenvalue weighted by Crippen LogP contribution is -2.40. The summed E-state index contributed by atoms with van der Waals surface area (Å²) in [6.07, 6.45) is -1.01. The molecule has 0 spiro atoms. The summed E-state index contributed by atoms with van der Waals surface area (Å²) in [7, 11) is 1.84. The van der Waals surface area contributed by atoms with Crippen molar-refractivity contribution >= 4 is 11.6 Å². The van der Waals surface area contributed by atoms with Crippen molar-refractivity contribution in [3.8, 4) is 6.07 Å². The number of rotatable bonds is 8. The average molecular weight is 471 g/mol. The Morgan fingerprint density at radius 3 is 2.65 bits per heavy atom. The molecule has 0 N–H and O–H groups in total. The second-order valence-electron chi connectivity index (χ2n) is 9.10.